The van der Waals surface area contributed by atoms with Gasteiger partial charge in [-0.05, 0) is 39.0 Å². The molecule has 0 fully saturated rings. The van der Waals surface area contributed by atoms with Gasteiger partial charge in [0.15, 0.2) is 0 Å². The van der Waals surface area contributed by atoms with E-state index in [4.69, 9.17) is 14.6 Å². The van der Waals surface area contributed by atoms with Gasteiger partial charge in [-0.25, -0.2) is 4.79 Å². The Morgan fingerprint density at radius 2 is 1.65 bits per heavy atom. The molecule has 0 aliphatic carbocycles. The van der Waals surface area contributed by atoms with Crippen LogP contribution < -0.4 is 5.32 Å². The highest BCUT2D eigenvalue weighted by Crippen LogP contribution is 2.17. The second-order valence-electron chi connectivity index (χ2n) is 7.10. The summed E-state index contributed by atoms with van der Waals surface area (Å²) in [6.07, 6.45) is -1.09. The molecule has 0 heterocycles. The van der Waals surface area contributed by atoms with Gasteiger partial charge in [0, 0.05) is 19.9 Å². The number of amides is 1. The number of alkyl carbamates (subject to hydrolysis) is 1. The van der Waals surface area contributed by atoms with Crippen LogP contribution in [0.1, 0.15) is 54.4 Å². The third-order valence-electron chi connectivity index (χ3n) is 2.96. The Hall–Kier alpha value is -1.79. The lowest BCUT2D eigenvalue weighted by molar-refractivity contribution is -0.174. The Bertz CT molecular complexity index is 413. The maximum Gasteiger partial charge on any atom is 0.410 e. The zero-order valence-corrected chi connectivity index (χ0v) is 14.8. The van der Waals surface area contributed by atoms with Crippen LogP contribution in [0.2, 0.25) is 0 Å². The second kappa shape index (κ2) is 9.37. The normalized spacial score (nSPS) is 14.0. The highest BCUT2D eigenvalue weighted by Gasteiger charge is 2.26. The fourth-order valence-corrected chi connectivity index (χ4v) is 1.92. The van der Waals surface area contributed by atoms with Crippen molar-refractivity contribution < 1.29 is 29.0 Å². The molecule has 1 amide bonds. The summed E-state index contributed by atoms with van der Waals surface area (Å²) in [5, 5.41) is 11.4. The fraction of sp³-hybridized carbons (Fsp3) is 0.812. The highest BCUT2D eigenvalue weighted by molar-refractivity contribution is 5.75. The number of carboxylic acids is 1. The maximum absolute atomic E-state index is 11.7. The second-order valence-corrected chi connectivity index (χ2v) is 7.10. The first-order chi connectivity index (χ1) is 10.4. The van der Waals surface area contributed by atoms with Crippen LogP contribution in [0, 0.1) is 17.3 Å². The summed E-state index contributed by atoms with van der Waals surface area (Å²) in [5.41, 5.74) is -0.683. The minimum atomic E-state index is -1.01. The van der Waals surface area contributed by atoms with Gasteiger partial charge in [-0.15, -0.1) is 0 Å². The van der Waals surface area contributed by atoms with Crippen LogP contribution in [0.15, 0.2) is 0 Å². The van der Waals surface area contributed by atoms with Gasteiger partial charge in [-0.2, -0.15) is 0 Å². The first kappa shape index (κ1) is 21.2. The minimum Gasteiger partial charge on any atom is -0.481 e. The Morgan fingerprint density at radius 3 is 2.09 bits per heavy atom. The first-order valence-electron chi connectivity index (χ1n) is 7.79. The van der Waals surface area contributed by atoms with Crippen molar-refractivity contribution in [3.05, 3.63) is 0 Å². The van der Waals surface area contributed by atoms with Crippen molar-refractivity contribution in [1.29, 1.82) is 0 Å². The van der Waals surface area contributed by atoms with Crippen molar-refractivity contribution in [1.82, 2.24) is 5.32 Å². The van der Waals surface area contributed by atoms with Crippen LogP contribution in [-0.4, -0.2) is 36.0 Å². The Kier molecular flexibility index (Phi) is 8.64. The SMILES string of the molecule is CC(C)CC(CNC(=O)OC(C)OC(=O)C(C)(C)C)CC(=O)O. The van der Waals surface area contributed by atoms with Gasteiger partial charge in [-0.1, -0.05) is 13.8 Å². The van der Waals surface area contributed by atoms with E-state index in [1.54, 1.807) is 20.8 Å². The third-order valence-corrected chi connectivity index (χ3v) is 2.96. The smallest absolute Gasteiger partial charge is 0.410 e. The van der Waals surface area contributed by atoms with E-state index >= 15 is 0 Å². The zero-order valence-electron chi connectivity index (χ0n) is 14.8. The minimum absolute atomic E-state index is 0.0208. The predicted molar refractivity (Wildman–Crippen MR) is 84.7 cm³/mol. The molecule has 0 aliphatic heterocycles. The number of nitrogens with one attached hydrogen (secondary N) is 1. The molecule has 2 unspecified atom stereocenters. The summed E-state index contributed by atoms with van der Waals surface area (Å²) in [6, 6.07) is 0. The summed E-state index contributed by atoms with van der Waals surface area (Å²) >= 11 is 0. The summed E-state index contributed by atoms with van der Waals surface area (Å²) in [6.45, 7) is 10.7. The molecular formula is C16H29NO6. The van der Waals surface area contributed by atoms with Gasteiger partial charge in [0.1, 0.15) is 0 Å². The van der Waals surface area contributed by atoms with Crippen LogP contribution in [0.5, 0.6) is 0 Å². The van der Waals surface area contributed by atoms with E-state index in [0.29, 0.717) is 12.3 Å². The predicted octanol–water partition coefficient (Wildman–Crippen LogP) is 2.78. The lowest BCUT2D eigenvalue weighted by Gasteiger charge is -2.22. The molecule has 7 nitrogen and oxygen atoms in total. The first-order valence-corrected chi connectivity index (χ1v) is 7.79. The molecular weight excluding hydrogens is 302 g/mol. The molecule has 2 N–H and O–H groups in total. The fourth-order valence-electron chi connectivity index (χ4n) is 1.92. The monoisotopic (exact) mass is 331 g/mol. The third kappa shape index (κ3) is 10.5. The molecule has 23 heavy (non-hydrogen) atoms. The number of carbonyl (C=O) groups is 3. The van der Waals surface area contributed by atoms with Crippen molar-refractivity contribution in [3.63, 3.8) is 0 Å². The Labute approximate surface area is 137 Å². The largest absolute Gasteiger partial charge is 0.481 e. The standard InChI is InChI=1S/C16H29NO6/c1-10(2)7-12(8-13(18)19)9-17-15(21)23-11(3)22-14(20)16(4,5)6/h10-12H,7-9H2,1-6H3,(H,17,21)(H,18,19). The zero-order chi connectivity index (χ0) is 18.2. The molecule has 0 bridgehead atoms. The number of carbonyl (C=O) groups excluding carboxylic acids is 2. The molecule has 0 aromatic carbocycles. The van der Waals surface area contributed by atoms with E-state index in [9.17, 15) is 14.4 Å². The number of ether oxygens (including phenoxy) is 2. The summed E-state index contributed by atoms with van der Waals surface area (Å²) < 4.78 is 9.94. The van der Waals surface area contributed by atoms with Crippen molar-refractivity contribution in [2.24, 2.45) is 17.3 Å². The van der Waals surface area contributed by atoms with E-state index in [1.165, 1.54) is 6.92 Å². The number of rotatable bonds is 8. The van der Waals surface area contributed by atoms with E-state index in [1.807, 2.05) is 13.8 Å². The number of hydrogen-bond donors (Lipinski definition) is 2. The number of hydrogen-bond acceptors (Lipinski definition) is 5. The van der Waals surface area contributed by atoms with Crippen LogP contribution >= 0.6 is 0 Å². The Morgan fingerprint density at radius 1 is 1.09 bits per heavy atom. The topological polar surface area (TPSA) is 102 Å². The average Bonchev–Trinajstić information content (AvgIpc) is 2.33. The lowest BCUT2D eigenvalue weighted by atomic mass is 9.94. The van der Waals surface area contributed by atoms with E-state index in [0.717, 1.165) is 0 Å². The molecule has 0 aromatic heterocycles. The van der Waals surface area contributed by atoms with Crippen LogP contribution in [0.25, 0.3) is 0 Å². The van der Waals surface area contributed by atoms with Crippen LogP contribution in [-0.2, 0) is 19.1 Å². The van der Waals surface area contributed by atoms with Crippen molar-refractivity contribution in [2.45, 2.75) is 60.7 Å². The van der Waals surface area contributed by atoms with Crippen LogP contribution in [0.3, 0.4) is 0 Å². The quantitative estimate of drug-likeness (QED) is 0.524. The summed E-state index contributed by atoms with van der Waals surface area (Å²) in [5.74, 6) is -1.23. The Balaban J connectivity index is 4.30. The van der Waals surface area contributed by atoms with Gasteiger partial charge in [-0.3, -0.25) is 9.59 Å². The summed E-state index contributed by atoms with van der Waals surface area (Å²) in [7, 11) is 0. The number of aliphatic carboxylic acids is 1. The van der Waals surface area contributed by atoms with E-state index in [2.05, 4.69) is 5.32 Å². The van der Waals surface area contributed by atoms with Gasteiger partial charge < -0.3 is 19.9 Å². The van der Waals surface area contributed by atoms with E-state index < -0.39 is 29.7 Å². The number of carboxylic acid groups (broad SMARTS) is 1. The average molecular weight is 331 g/mol. The molecule has 2 atom stereocenters. The molecule has 134 valence electrons. The molecule has 0 aromatic rings. The molecule has 0 spiro atoms. The van der Waals surface area contributed by atoms with Crippen molar-refractivity contribution >= 4 is 18.0 Å². The molecule has 0 aliphatic rings. The molecule has 0 rings (SSSR count). The molecule has 0 saturated heterocycles. The summed E-state index contributed by atoms with van der Waals surface area (Å²) in [4.78, 5) is 34.2. The maximum atomic E-state index is 11.7. The highest BCUT2D eigenvalue weighted by atomic mass is 16.7. The lowest BCUT2D eigenvalue weighted by Crippen LogP contribution is -2.35. The van der Waals surface area contributed by atoms with E-state index in [-0.39, 0.29) is 18.9 Å². The molecule has 7 heteroatoms. The molecule has 0 saturated carbocycles. The van der Waals surface area contributed by atoms with Gasteiger partial charge in [0.2, 0.25) is 6.29 Å². The van der Waals surface area contributed by atoms with Gasteiger partial charge >= 0.3 is 18.0 Å². The van der Waals surface area contributed by atoms with Gasteiger partial charge in [0.25, 0.3) is 0 Å². The van der Waals surface area contributed by atoms with Crippen molar-refractivity contribution in [3.8, 4) is 0 Å². The van der Waals surface area contributed by atoms with Gasteiger partial charge in [0.05, 0.1) is 5.41 Å². The van der Waals surface area contributed by atoms with Crippen molar-refractivity contribution in [2.75, 3.05) is 6.54 Å². The molecule has 0 radical (unpaired) electrons. The number of esters is 1. The van der Waals surface area contributed by atoms with Crippen LogP contribution in [0.4, 0.5) is 4.79 Å².